The molecule has 3 rings (SSSR count). The van der Waals surface area contributed by atoms with Gasteiger partial charge in [0.05, 0.1) is 0 Å². The molecule has 0 aromatic heterocycles. The Morgan fingerprint density at radius 2 is 2.12 bits per heavy atom. The van der Waals surface area contributed by atoms with Crippen molar-refractivity contribution in [1.82, 2.24) is 9.80 Å². The van der Waals surface area contributed by atoms with Crippen molar-refractivity contribution in [3.05, 3.63) is 34.9 Å². The number of hydrogen-bond acceptors (Lipinski definition) is 4. The van der Waals surface area contributed by atoms with E-state index in [4.69, 9.17) is 6.42 Å². The van der Waals surface area contributed by atoms with Gasteiger partial charge in [0.1, 0.15) is 0 Å². The minimum Gasteiger partial charge on any atom is -0.338 e. The quantitative estimate of drug-likeness (QED) is 0.718. The summed E-state index contributed by atoms with van der Waals surface area (Å²) in [4.78, 5) is 16.7. The monoisotopic (exact) mass is 338 g/mol. The summed E-state index contributed by atoms with van der Waals surface area (Å²) in [5.74, 6) is 2.82. The van der Waals surface area contributed by atoms with Gasteiger partial charge in [-0.05, 0) is 37.2 Å². The molecule has 2 heterocycles. The van der Waals surface area contributed by atoms with Crippen molar-refractivity contribution in [3.63, 3.8) is 0 Å². The minimum atomic E-state index is -0.364. The first-order valence-corrected chi connectivity index (χ1v) is 8.92. The highest BCUT2D eigenvalue weighted by Gasteiger charge is 2.39. The fourth-order valence-corrected chi connectivity index (χ4v) is 3.42. The molecule has 25 heavy (non-hydrogen) atoms. The second-order valence-corrected chi connectivity index (χ2v) is 7.29. The first kappa shape index (κ1) is 17.6. The van der Waals surface area contributed by atoms with Crippen LogP contribution in [0.25, 0.3) is 0 Å². The average Bonchev–Trinajstić information content (AvgIpc) is 3.37. The van der Waals surface area contributed by atoms with Crippen LogP contribution >= 0.6 is 0 Å². The Morgan fingerprint density at radius 3 is 2.80 bits per heavy atom. The number of amides is 1. The zero-order chi connectivity index (χ0) is 17.9. The summed E-state index contributed by atoms with van der Waals surface area (Å²) in [6.07, 6.45) is 8.83. The summed E-state index contributed by atoms with van der Waals surface area (Å²) in [5.41, 5.74) is 3.61. The van der Waals surface area contributed by atoms with Crippen LogP contribution in [0, 0.1) is 12.3 Å². The van der Waals surface area contributed by atoms with Crippen molar-refractivity contribution in [2.75, 3.05) is 20.6 Å². The molecule has 0 saturated heterocycles. The van der Waals surface area contributed by atoms with Gasteiger partial charge in [-0.3, -0.25) is 4.79 Å². The van der Waals surface area contributed by atoms with Crippen LogP contribution < -0.4 is 0 Å². The zero-order valence-electron chi connectivity index (χ0n) is 15.2. The highest BCUT2D eigenvalue weighted by Crippen LogP contribution is 2.37. The van der Waals surface area contributed by atoms with Crippen LogP contribution in [0.4, 0.5) is 0 Å². The highest BCUT2D eigenvalue weighted by molar-refractivity contribution is 5.76. The molecule has 1 aromatic carbocycles. The molecule has 5 heteroatoms. The van der Waals surface area contributed by atoms with E-state index in [1.807, 2.05) is 4.90 Å². The lowest BCUT2D eigenvalue weighted by atomic mass is 9.96. The molecule has 2 aliphatic rings. The smallest absolute Gasteiger partial charge is 0.223 e. The lowest BCUT2D eigenvalue weighted by Gasteiger charge is -2.29. The van der Waals surface area contributed by atoms with Crippen molar-refractivity contribution < 1.29 is 4.79 Å². The lowest BCUT2D eigenvalue weighted by Crippen LogP contribution is -2.36. The molecule has 0 fully saturated rings. The van der Waals surface area contributed by atoms with E-state index >= 15 is 0 Å². The zero-order valence-corrected chi connectivity index (χ0v) is 15.2. The maximum Gasteiger partial charge on any atom is 0.223 e. The number of benzene rings is 1. The topological polar surface area (TPSA) is 48.3 Å². The number of rotatable bonds is 7. The van der Waals surface area contributed by atoms with Gasteiger partial charge in [0.2, 0.25) is 5.91 Å². The third-order valence-electron chi connectivity index (χ3n) is 4.93. The van der Waals surface area contributed by atoms with Crippen molar-refractivity contribution in [2.45, 2.75) is 50.9 Å². The van der Waals surface area contributed by atoms with Crippen LogP contribution in [0.3, 0.4) is 0 Å². The Balaban J connectivity index is 1.54. The summed E-state index contributed by atoms with van der Waals surface area (Å²) in [7, 11) is 4.16. The van der Waals surface area contributed by atoms with Crippen LogP contribution in [-0.2, 0) is 24.3 Å². The SMILES string of the molecule is C#CCCC1(CCC(=O)N2CCc3cc(CN(C)C)ccc3C2)N=N1. The third kappa shape index (κ3) is 4.46. The maximum atomic E-state index is 12.6. The molecular formula is C20H26N4O. The van der Waals surface area contributed by atoms with Crippen LogP contribution in [0.15, 0.2) is 28.4 Å². The molecule has 0 aliphatic carbocycles. The van der Waals surface area contributed by atoms with Crippen LogP contribution in [0.1, 0.15) is 42.4 Å². The van der Waals surface area contributed by atoms with E-state index in [2.05, 4.69) is 53.3 Å². The predicted molar refractivity (Wildman–Crippen MR) is 97.8 cm³/mol. The Bertz CT molecular complexity index is 711. The summed E-state index contributed by atoms with van der Waals surface area (Å²) in [6, 6.07) is 6.63. The van der Waals surface area contributed by atoms with Gasteiger partial charge in [0, 0.05) is 45.3 Å². The largest absolute Gasteiger partial charge is 0.338 e. The summed E-state index contributed by atoms with van der Waals surface area (Å²) in [6.45, 7) is 2.45. The second kappa shape index (κ2) is 7.37. The van der Waals surface area contributed by atoms with E-state index in [1.54, 1.807) is 0 Å². The molecule has 0 radical (unpaired) electrons. The summed E-state index contributed by atoms with van der Waals surface area (Å²) < 4.78 is 0. The molecule has 5 nitrogen and oxygen atoms in total. The molecule has 0 unspecified atom stereocenters. The van der Waals surface area contributed by atoms with Crippen LogP contribution in [0.5, 0.6) is 0 Å². The van der Waals surface area contributed by atoms with Crippen LogP contribution in [-0.4, -0.2) is 42.0 Å². The highest BCUT2D eigenvalue weighted by atomic mass is 16.2. The number of hydrogen-bond donors (Lipinski definition) is 0. The fourth-order valence-electron chi connectivity index (χ4n) is 3.42. The molecule has 1 amide bonds. The Morgan fingerprint density at radius 1 is 1.32 bits per heavy atom. The number of terminal acetylenes is 1. The first-order valence-electron chi connectivity index (χ1n) is 8.92. The standard InChI is InChI=1S/C20H26N4O/c1-4-5-10-20(21-22-20)11-8-19(25)24-12-9-17-13-16(14-23(2)3)6-7-18(17)15-24/h1,6-7,13H,5,8-12,14-15H2,2-3H3. The molecule has 132 valence electrons. The Hall–Kier alpha value is -2.19. The van der Waals surface area contributed by atoms with Crippen molar-refractivity contribution >= 4 is 5.91 Å². The van der Waals surface area contributed by atoms with Gasteiger partial charge >= 0.3 is 0 Å². The maximum absolute atomic E-state index is 12.6. The van der Waals surface area contributed by atoms with Gasteiger partial charge < -0.3 is 9.80 Å². The van der Waals surface area contributed by atoms with E-state index in [0.717, 1.165) is 25.9 Å². The molecule has 0 saturated carbocycles. The Labute approximate surface area is 150 Å². The molecule has 0 atom stereocenters. The van der Waals surface area contributed by atoms with E-state index in [1.165, 1.54) is 16.7 Å². The molecular weight excluding hydrogens is 312 g/mol. The van der Waals surface area contributed by atoms with Gasteiger partial charge in [-0.25, -0.2) is 0 Å². The van der Waals surface area contributed by atoms with E-state index in [9.17, 15) is 4.79 Å². The predicted octanol–water partition coefficient (Wildman–Crippen LogP) is 2.99. The van der Waals surface area contributed by atoms with Gasteiger partial charge in [0.25, 0.3) is 0 Å². The summed E-state index contributed by atoms with van der Waals surface area (Å²) in [5, 5.41) is 8.22. The average molecular weight is 338 g/mol. The minimum absolute atomic E-state index is 0.195. The van der Waals surface area contributed by atoms with E-state index < -0.39 is 0 Å². The first-order chi connectivity index (χ1) is 12.0. The summed E-state index contributed by atoms with van der Waals surface area (Å²) >= 11 is 0. The number of carbonyl (C=O) groups excluding carboxylic acids is 1. The molecule has 0 spiro atoms. The third-order valence-corrected chi connectivity index (χ3v) is 4.93. The lowest BCUT2D eigenvalue weighted by molar-refractivity contribution is -0.132. The number of fused-ring (bicyclic) bond motifs is 1. The van der Waals surface area contributed by atoms with Crippen LogP contribution in [0.2, 0.25) is 0 Å². The number of nitrogens with zero attached hydrogens (tertiary/aromatic N) is 4. The van der Waals surface area contributed by atoms with Gasteiger partial charge in [-0.1, -0.05) is 18.2 Å². The Kier molecular flexibility index (Phi) is 5.19. The van der Waals surface area contributed by atoms with Gasteiger partial charge in [-0.15, -0.1) is 12.3 Å². The van der Waals surface area contributed by atoms with Gasteiger partial charge in [-0.2, -0.15) is 10.2 Å². The van der Waals surface area contributed by atoms with Gasteiger partial charge in [0.15, 0.2) is 5.66 Å². The molecule has 0 N–H and O–H groups in total. The molecule has 2 aliphatic heterocycles. The number of carbonyl (C=O) groups is 1. The molecule has 0 bridgehead atoms. The van der Waals surface area contributed by atoms with Crippen molar-refractivity contribution in [2.24, 2.45) is 10.2 Å². The van der Waals surface area contributed by atoms with Crippen molar-refractivity contribution in [1.29, 1.82) is 0 Å². The van der Waals surface area contributed by atoms with Crippen molar-refractivity contribution in [3.8, 4) is 12.3 Å². The fraction of sp³-hybridized carbons (Fsp3) is 0.550. The molecule has 1 aromatic rings. The second-order valence-electron chi connectivity index (χ2n) is 7.29. The van der Waals surface area contributed by atoms with E-state index in [-0.39, 0.29) is 11.6 Å². The van der Waals surface area contributed by atoms with E-state index in [0.29, 0.717) is 25.8 Å². The normalized spacial score (nSPS) is 17.3.